The molecule has 1 saturated carbocycles. The predicted octanol–water partition coefficient (Wildman–Crippen LogP) is 1.18. The zero-order valence-electron chi connectivity index (χ0n) is 11.9. The van der Waals surface area contributed by atoms with Crippen molar-refractivity contribution in [2.24, 2.45) is 0 Å². The Labute approximate surface area is 123 Å². The second-order valence-corrected chi connectivity index (χ2v) is 5.13. The summed E-state index contributed by atoms with van der Waals surface area (Å²) in [6, 6.07) is 3.12. The van der Waals surface area contributed by atoms with Crippen LogP contribution in [0, 0.1) is 0 Å². The molecule has 0 bridgehead atoms. The summed E-state index contributed by atoms with van der Waals surface area (Å²) in [7, 11) is 0. The van der Waals surface area contributed by atoms with Gasteiger partial charge in [-0.25, -0.2) is 0 Å². The van der Waals surface area contributed by atoms with Gasteiger partial charge < -0.3 is 15.2 Å². The van der Waals surface area contributed by atoms with Gasteiger partial charge in [0.25, 0.3) is 5.91 Å². The lowest BCUT2D eigenvalue weighted by Gasteiger charge is -2.21. The van der Waals surface area contributed by atoms with Gasteiger partial charge in [0.15, 0.2) is 0 Å². The lowest BCUT2D eigenvalue weighted by molar-refractivity contribution is -0.149. The Morgan fingerprint density at radius 3 is 2.67 bits per heavy atom. The van der Waals surface area contributed by atoms with Crippen LogP contribution in [-0.2, 0) is 16.1 Å². The molecule has 2 rings (SSSR count). The highest BCUT2D eigenvalue weighted by Gasteiger charge is 2.18. The molecule has 0 aliphatic heterocycles. The summed E-state index contributed by atoms with van der Waals surface area (Å²) >= 11 is 0. The van der Waals surface area contributed by atoms with Crippen LogP contribution in [0.3, 0.4) is 0 Å². The molecule has 1 aliphatic rings. The van der Waals surface area contributed by atoms with Crippen LogP contribution in [-0.4, -0.2) is 34.6 Å². The number of hydrogen-bond donors (Lipinski definition) is 2. The average molecular weight is 292 g/mol. The number of nitrogens with zero attached hydrogens (tertiary/aromatic N) is 1. The van der Waals surface area contributed by atoms with Crippen molar-refractivity contribution in [1.82, 2.24) is 10.3 Å². The molecule has 21 heavy (non-hydrogen) atoms. The first-order valence-corrected chi connectivity index (χ1v) is 7.22. The van der Waals surface area contributed by atoms with Crippen LogP contribution in [0.5, 0.6) is 0 Å². The van der Waals surface area contributed by atoms with E-state index in [1.165, 1.54) is 12.6 Å². The Balaban J connectivity index is 1.75. The Morgan fingerprint density at radius 1 is 1.29 bits per heavy atom. The maximum Gasteiger partial charge on any atom is 0.325 e. The van der Waals surface area contributed by atoms with Crippen LogP contribution in [0.4, 0.5) is 0 Å². The third kappa shape index (κ3) is 4.82. The summed E-state index contributed by atoms with van der Waals surface area (Å²) < 4.78 is 5.31. The van der Waals surface area contributed by atoms with Crippen molar-refractivity contribution in [1.29, 1.82) is 0 Å². The fraction of sp³-hybridized carbons (Fsp3) is 0.533. The van der Waals surface area contributed by atoms with E-state index in [2.05, 4.69) is 10.3 Å². The van der Waals surface area contributed by atoms with Gasteiger partial charge >= 0.3 is 5.97 Å². The monoisotopic (exact) mass is 292 g/mol. The smallest absolute Gasteiger partial charge is 0.325 e. The SMILES string of the molecule is O=C(CNC(=O)c1ccc(CO)nc1)OC1CCCCC1. The molecule has 0 aromatic carbocycles. The lowest BCUT2D eigenvalue weighted by atomic mass is 9.98. The van der Waals surface area contributed by atoms with Gasteiger partial charge in [0.1, 0.15) is 12.6 Å². The molecule has 0 atom stereocenters. The molecule has 1 heterocycles. The van der Waals surface area contributed by atoms with E-state index in [0.717, 1.165) is 25.7 Å². The minimum Gasteiger partial charge on any atom is -0.461 e. The number of rotatable bonds is 5. The maximum atomic E-state index is 11.8. The van der Waals surface area contributed by atoms with E-state index >= 15 is 0 Å². The number of aromatic nitrogens is 1. The highest BCUT2D eigenvalue weighted by Crippen LogP contribution is 2.20. The van der Waals surface area contributed by atoms with Crippen LogP contribution in [0.25, 0.3) is 0 Å². The third-order valence-electron chi connectivity index (χ3n) is 3.49. The average Bonchev–Trinajstić information content (AvgIpc) is 2.53. The number of nitrogens with one attached hydrogen (secondary N) is 1. The molecule has 114 valence electrons. The molecule has 6 nitrogen and oxygen atoms in total. The lowest BCUT2D eigenvalue weighted by Crippen LogP contribution is -2.33. The van der Waals surface area contributed by atoms with Crippen LogP contribution < -0.4 is 5.32 Å². The van der Waals surface area contributed by atoms with Crippen LogP contribution >= 0.6 is 0 Å². The number of hydrogen-bond acceptors (Lipinski definition) is 5. The maximum absolute atomic E-state index is 11.8. The molecule has 6 heteroatoms. The van der Waals surface area contributed by atoms with Crippen molar-refractivity contribution in [2.45, 2.75) is 44.8 Å². The van der Waals surface area contributed by atoms with Gasteiger partial charge in [-0.15, -0.1) is 0 Å². The molecular formula is C15H20N2O4. The Bertz CT molecular complexity index is 481. The van der Waals surface area contributed by atoms with Crippen LogP contribution in [0.1, 0.15) is 48.2 Å². The van der Waals surface area contributed by atoms with Crippen molar-refractivity contribution < 1.29 is 19.4 Å². The fourth-order valence-corrected chi connectivity index (χ4v) is 2.32. The second-order valence-electron chi connectivity index (χ2n) is 5.13. The standard InChI is InChI=1S/C15H20N2O4/c18-10-12-7-6-11(8-16-12)15(20)17-9-14(19)21-13-4-2-1-3-5-13/h6-8,13,18H,1-5,9-10H2,(H,17,20). The zero-order valence-corrected chi connectivity index (χ0v) is 11.9. The summed E-state index contributed by atoms with van der Waals surface area (Å²) in [6.45, 7) is -0.313. The summed E-state index contributed by atoms with van der Waals surface area (Å²) in [5.41, 5.74) is 0.834. The number of esters is 1. The van der Waals surface area contributed by atoms with Gasteiger partial charge in [-0.05, 0) is 37.8 Å². The number of aliphatic hydroxyl groups excluding tert-OH is 1. The van der Waals surface area contributed by atoms with E-state index in [-0.39, 0.29) is 25.2 Å². The summed E-state index contributed by atoms with van der Waals surface area (Å²) in [5, 5.41) is 11.4. The quantitative estimate of drug-likeness (QED) is 0.796. The Morgan fingerprint density at radius 2 is 2.05 bits per heavy atom. The van der Waals surface area contributed by atoms with E-state index in [4.69, 9.17) is 9.84 Å². The van der Waals surface area contributed by atoms with E-state index in [1.54, 1.807) is 12.1 Å². The van der Waals surface area contributed by atoms with E-state index in [0.29, 0.717) is 11.3 Å². The molecule has 1 aromatic rings. The number of ether oxygens (including phenoxy) is 1. The van der Waals surface area contributed by atoms with Gasteiger partial charge in [-0.3, -0.25) is 14.6 Å². The van der Waals surface area contributed by atoms with Crippen molar-refractivity contribution in [2.75, 3.05) is 6.54 Å². The molecule has 2 N–H and O–H groups in total. The highest BCUT2D eigenvalue weighted by molar-refractivity contribution is 5.95. The minimum atomic E-state index is -0.407. The number of amides is 1. The Kier molecular flexibility index (Phi) is 5.68. The van der Waals surface area contributed by atoms with Gasteiger partial charge in [-0.2, -0.15) is 0 Å². The normalized spacial score (nSPS) is 15.5. The Hall–Kier alpha value is -1.95. The summed E-state index contributed by atoms with van der Waals surface area (Å²) in [6.07, 6.45) is 6.56. The molecule has 0 radical (unpaired) electrons. The fourth-order valence-electron chi connectivity index (χ4n) is 2.32. The first kappa shape index (κ1) is 15.4. The van der Waals surface area contributed by atoms with Crippen molar-refractivity contribution in [3.63, 3.8) is 0 Å². The number of pyridine rings is 1. The molecular weight excluding hydrogens is 272 g/mol. The number of carbonyl (C=O) groups excluding carboxylic acids is 2. The summed E-state index contributed by atoms with van der Waals surface area (Å²) in [5.74, 6) is -0.789. The molecule has 1 aliphatic carbocycles. The van der Waals surface area contributed by atoms with E-state index < -0.39 is 5.97 Å². The van der Waals surface area contributed by atoms with Gasteiger partial charge in [0, 0.05) is 6.20 Å². The van der Waals surface area contributed by atoms with E-state index in [1.807, 2.05) is 0 Å². The molecule has 1 fully saturated rings. The first-order chi connectivity index (χ1) is 10.2. The largest absolute Gasteiger partial charge is 0.461 e. The number of carbonyl (C=O) groups is 2. The summed E-state index contributed by atoms with van der Waals surface area (Å²) in [4.78, 5) is 27.4. The molecule has 1 aromatic heterocycles. The second kappa shape index (κ2) is 7.73. The van der Waals surface area contributed by atoms with Gasteiger partial charge in [0.05, 0.1) is 17.9 Å². The van der Waals surface area contributed by atoms with Gasteiger partial charge in [-0.1, -0.05) is 6.42 Å². The third-order valence-corrected chi connectivity index (χ3v) is 3.49. The predicted molar refractivity (Wildman–Crippen MR) is 75.5 cm³/mol. The van der Waals surface area contributed by atoms with Crippen molar-refractivity contribution >= 4 is 11.9 Å². The van der Waals surface area contributed by atoms with Crippen LogP contribution in [0.15, 0.2) is 18.3 Å². The van der Waals surface area contributed by atoms with E-state index in [9.17, 15) is 9.59 Å². The number of aliphatic hydroxyl groups is 1. The zero-order chi connectivity index (χ0) is 15.1. The molecule has 0 saturated heterocycles. The molecule has 0 unspecified atom stereocenters. The van der Waals surface area contributed by atoms with Crippen molar-refractivity contribution in [3.8, 4) is 0 Å². The minimum absolute atomic E-state index is 0.00587. The first-order valence-electron chi connectivity index (χ1n) is 7.22. The van der Waals surface area contributed by atoms with Crippen molar-refractivity contribution in [3.05, 3.63) is 29.6 Å². The topological polar surface area (TPSA) is 88.5 Å². The highest BCUT2D eigenvalue weighted by atomic mass is 16.5. The van der Waals surface area contributed by atoms with Crippen LogP contribution in [0.2, 0.25) is 0 Å². The molecule has 0 spiro atoms. The van der Waals surface area contributed by atoms with Gasteiger partial charge in [0.2, 0.25) is 0 Å². The molecule has 1 amide bonds.